The van der Waals surface area contributed by atoms with Crippen molar-refractivity contribution >= 4 is 34.3 Å². The molecular weight excluding hydrogens is 434 g/mol. The second-order valence-corrected chi connectivity index (χ2v) is 8.35. The van der Waals surface area contributed by atoms with E-state index < -0.39 is 0 Å². The van der Waals surface area contributed by atoms with Crippen LogP contribution in [-0.2, 0) is 24.0 Å². The number of aryl methyl sites for hydroxylation is 3. The van der Waals surface area contributed by atoms with Crippen LogP contribution < -0.4 is 0 Å². The van der Waals surface area contributed by atoms with Crippen LogP contribution in [0, 0.1) is 0 Å². The van der Waals surface area contributed by atoms with Gasteiger partial charge < -0.3 is 4.74 Å². The summed E-state index contributed by atoms with van der Waals surface area (Å²) in [7, 11) is 1.36. The number of methoxy groups -OCH3 is 1. The van der Waals surface area contributed by atoms with Crippen LogP contribution in [0.3, 0.4) is 0 Å². The highest BCUT2D eigenvalue weighted by molar-refractivity contribution is 6.31. The molecule has 0 bridgehead atoms. The smallest absolute Gasteiger partial charge is 0.338 e. The summed E-state index contributed by atoms with van der Waals surface area (Å²) in [5.74, 6) is -0.334. The third-order valence-corrected chi connectivity index (χ3v) is 5.91. The number of aromatic nitrogens is 1. The van der Waals surface area contributed by atoms with Crippen molar-refractivity contribution in [1.82, 2.24) is 4.98 Å². The SMILES string of the molecule is COC(=O)c1ccccc1CCC(=O)c1cccc(CCc2ccc3ccc(Cl)cc3n2)c1. The lowest BCUT2D eigenvalue weighted by Crippen LogP contribution is -2.08. The third-order valence-electron chi connectivity index (χ3n) is 5.67. The number of carbonyl (C=O) groups excluding carboxylic acids is 2. The third kappa shape index (κ3) is 5.65. The maximum absolute atomic E-state index is 12.8. The molecule has 4 rings (SSSR count). The molecular formula is C28H24ClNO3. The van der Waals surface area contributed by atoms with Gasteiger partial charge in [0.25, 0.3) is 0 Å². The summed E-state index contributed by atoms with van der Waals surface area (Å²) in [6.07, 6.45) is 2.36. The van der Waals surface area contributed by atoms with Gasteiger partial charge >= 0.3 is 5.97 Å². The van der Waals surface area contributed by atoms with Crippen LogP contribution in [0.25, 0.3) is 10.9 Å². The average Bonchev–Trinajstić information content (AvgIpc) is 2.85. The molecule has 0 saturated heterocycles. The van der Waals surface area contributed by atoms with Crippen molar-refractivity contribution in [1.29, 1.82) is 0 Å². The molecule has 0 aliphatic heterocycles. The molecule has 0 amide bonds. The first-order chi connectivity index (χ1) is 16.0. The number of hydrogen-bond donors (Lipinski definition) is 0. The molecule has 0 saturated carbocycles. The van der Waals surface area contributed by atoms with E-state index in [1.54, 1.807) is 12.1 Å². The fourth-order valence-electron chi connectivity index (χ4n) is 3.88. The molecule has 0 spiro atoms. The Hall–Kier alpha value is -3.50. The van der Waals surface area contributed by atoms with E-state index in [9.17, 15) is 9.59 Å². The second kappa shape index (κ2) is 10.4. The first-order valence-corrected chi connectivity index (χ1v) is 11.2. The predicted molar refractivity (Wildman–Crippen MR) is 131 cm³/mol. The topological polar surface area (TPSA) is 56.3 Å². The number of carbonyl (C=O) groups is 2. The van der Waals surface area contributed by atoms with Gasteiger partial charge in [0.1, 0.15) is 0 Å². The van der Waals surface area contributed by atoms with E-state index in [1.807, 2.05) is 60.7 Å². The van der Waals surface area contributed by atoms with Crippen molar-refractivity contribution in [2.45, 2.75) is 25.7 Å². The van der Waals surface area contributed by atoms with Crippen molar-refractivity contribution in [3.8, 4) is 0 Å². The first-order valence-electron chi connectivity index (χ1n) is 10.9. The Labute approximate surface area is 198 Å². The zero-order valence-electron chi connectivity index (χ0n) is 18.4. The number of nitrogens with zero attached hydrogens (tertiary/aromatic N) is 1. The van der Waals surface area contributed by atoms with Gasteiger partial charge in [-0.3, -0.25) is 9.78 Å². The molecule has 0 N–H and O–H groups in total. The molecule has 0 fully saturated rings. The molecule has 5 heteroatoms. The van der Waals surface area contributed by atoms with Crippen LogP contribution in [0.5, 0.6) is 0 Å². The Morgan fingerprint density at radius 3 is 2.55 bits per heavy atom. The summed E-state index contributed by atoms with van der Waals surface area (Å²) in [5, 5.41) is 1.73. The molecule has 166 valence electrons. The van der Waals surface area contributed by atoms with Crippen molar-refractivity contribution in [2.24, 2.45) is 0 Å². The summed E-state index contributed by atoms with van der Waals surface area (Å²) in [6.45, 7) is 0. The van der Waals surface area contributed by atoms with Crippen LogP contribution in [0.1, 0.15) is 44.0 Å². The minimum atomic E-state index is -0.385. The number of fused-ring (bicyclic) bond motifs is 1. The number of benzene rings is 3. The van der Waals surface area contributed by atoms with E-state index in [4.69, 9.17) is 21.3 Å². The molecule has 0 aliphatic carbocycles. The summed E-state index contributed by atoms with van der Waals surface area (Å²) < 4.78 is 4.84. The van der Waals surface area contributed by atoms with E-state index in [0.29, 0.717) is 29.0 Å². The second-order valence-electron chi connectivity index (χ2n) is 7.91. The van der Waals surface area contributed by atoms with Gasteiger partial charge in [-0.25, -0.2) is 4.79 Å². The number of pyridine rings is 1. The van der Waals surface area contributed by atoms with E-state index in [0.717, 1.165) is 40.6 Å². The molecule has 0 radical (unpaired) electrons. The molecule has 1 heterocycles. The van der Waals surface area contributed by atoms with E-state index in [1.165, 1.54) is 7.11 Å². The Morgan fingerprint density at radius 2 is 1.70 bits per heavy atom. The molecule has 33 heavy (non-hydrogen) atoms. The van der Waals surface area contributed by atoms with E-state index in [2.05, 4.69) is 6.07 Å². The highest BCUT2D eigenvalue weighted by Crippen LogP contribution is 2.19. The van der Waals surface area contributed by atoms with Crippen molar-refractivity contribution in [3.63, 3.8) is 0 Å². The number of halogens is 1. The van der Waals surface area contributed by atoms with Crippen LogP contribution in [0.2, 0.25) is 5.02 Å². The Bertz CT molecular complexity index is 1320. The van der Waals surface area contributed by atoms with Gasteiger partial charge in [0.05, 0.1) is 18.2 Å². The fraction of sp³-hybridized carbons (Fsp3) is 0.179. The zero-order chi connectivity index (χ0) is 23.2. The number of Topliss-reactive ketones (excluding diaryl/α,β-unsaturated/α-hetero) is 1. The predicted octanol–water partition coefficient (Wildman–Crippen LogP) is 6.28. The lowest BCUT2D eigenvalue weighted by atomic mass is 9.97. The minimum Gasteiger partial charge on any atom is -0.465 e. The lowest BCUT2D eigenvalue weighted by Gasteiger charge is -2.08. The van der Waals surface area contributed by atoms with E-state index >= 15 is 0 Å². The fourth-order valence-corrected chi connectivity index (χ4v) is 4.05. The van der Waals surface area contributed by atoms with Gasteiger partial charge in [-0.15, -0.1) is 0 Å². The summed E-state index contributed by atoms with van der Waals surface area (Å²) in [4.78, 5) is 29.5. The summed E-state index contributed by atoms with van der Waals surface area (Å²) >= 11 is 6.09. The molecule has 4 nitrogen and oxygen atoms in total. The standard InChI is InChI=1S/C28H24ClNO3/c1-33-28(32)25-8-3-2-6-20(25)12-16-27(31)22-7-4-5-19(17-22)9-14-24-15-11-21-10-13-23(29)18-26(21)30-24/h2-8,10-11,13,15,17-18H,9,12,14,16H2,1H3. The minimum absolute atomic E-state index is 0.0509. The molecule has 0 aliphatic rings. The monoisotopic (exact) mass is 457 g/mol. The average molecular weight is 458 g/mol. The summed E-state index contributed by atoms with van der Waals surface area (Å²) in [5.41, 5.74) is 4.96. The number of rotatable bonds is 8. The normalized spacial score (nSPS) is 10.8. The van der Waals surface area contributed by atoms with Gasteiger partial charge in [-0.05, 0) is 60.7 Å². The van der Waals surface area contributed by atoms with Crippen molar-refractivity contribution in [2.75, 3.05) is 7.11 Å². The van der Waals surface area contributed by atoms with E-state index in [-0.39, 0.29) is 11.8 Å². The number of ether oxygens (including phenoxy) is 1. The number of esters is 1. The largest absolute Gasteiger partial charge is 0.465 e. The number of hydrogen-bond acceptors (Lipinski definition) is 4. The van der Waals surface area contributed by atoms with Crippen LogP contribution in [-0.4, -0.2) is 23.8 Å². The highest BCUT2D eigenvalue weighted by Gasteiger charge is 2.13. The first kappa shape index (κ1) is 22.7. The molecule has 1 aromatic heterocycles. The highest BCUT2D eigenvalue weighted by atomic mass is 35.5. The van der Waals surface area contributed by atoms with Gasteiger partial charge in [0.2, 0.25) is 0 Å². The molecule has 3 aromatic carbocycles. The van der Waals surface area contributed by atoms with Crippen molar-refractivity contribution in [3.05, 3.63) is 112 Å². The lowest BCUT2D eigenvalue weighted by molar-refractivity contribution is 0.0599. The number of ketones is 1. The van der Waals surface area contributed by atoms with Gasteiger partial charge in [0, 0.05) is 28.1 Å². The Kier molecular flexibility index (Phi) is 7.16. The summed E-state index contributed by atoms with van der Waals surface area (Å²) in [6, 6.07) is 24.8. The van der Waals surface area contributed by atoms with Gasteiger partial charge in [0.15, 0.2) is 5.78 Å². The molecule has 4 aromatic rings. The van der Waals surface area contributed by atoms with Crippen molar-refractivity contribution < 1.29 is 14.3 Å². The Morgan fingerprint density at radius 1 is 0.879 bits per heavy atom. The maximum atomic E-state index is 12.8. The van der Waals surface area contributed by atoms with Gasteiger partial charge in [-0.1, -0.05) is 60.1 Å². The van der Waals surface area contributed by atoms with Gasteiger partial charge in [-0.2, -0.15) is 0 Å². The van der Waals surface area contributed by atoms with Crippen LogP contribution in [0.4, 0.5) is 0 Å². The quantitative estimate of drug-likeness (QED) is 0.231. The maximum Gasteiger partial charge on any atom is 0.338 e. The van der Waals surface area contributed by atoms with Crippen LogP contribution >= 0.6 is 11.6 Å². The van der Waals surface area contributed by atoms with Crippen LogP contribution in [0.15, 0.2) is 78.9 Å². The molecule has 0 atom stereocenters. The Balaban J connectivity index is 1.41. The molecule has 0 unspecified atom stereocenters. The zero-order valence-corrected chi connectivity index (χ0v) is 19.1.